The third-order valence-electron chi connectivity index (χ3n) is 3.74. The second kappa shape index (κ2) is 5.43. The van der Waals surface area contributed by atoms with Gasteiger partial charge in [-0.3, -0.25) is 0 Å². The molecule has 0 amide bonds. The Kier molecular flexibility index (Phi) is 3.93. The van der Waals surface area contributed by atoms with Gasteiger partial charge in [-0.25, -0.2) is 0 Å². The van der Waals surface area contributed by atoms with E-state index in [4.69, 9.17) is 0 Å². The molecular weight excluding hydrogens is 200 g/mol. The number of aryl methyl sites for hydroxylation is 1. The van der Waals surface area contributed by atoms with Gasteiger partial charge in [-0.2, -0.15) is 0 Å². The molecule has 1 N–H and O–H groups in total. The lowest BCUT2D eigenvalue weighted by Gasteiger charge is -2.19. The van der Waals surface area contributed by atoms with Crippen LogP contribution in [0.25, 0.3) is 0 Å². The fourth-order valence-electron chi connectivity index (χ4n) is 2.70. The number of hydrogen-bond donors (Lipinski definition) is 1. The zero-order chi connectivity index (χ0) is 11.4. The Morgan fingerprint density at radius 2 is 2.31 bits per heavy atom. The molecule has 4 heteroatoms. The molecule has 1 saturated carbocycles. The Labute approximate surface area is 97.5 Å². The molecule has 1 aliphatic rings. The van der Waals surface area contributed by atoms with Crippen LogP contribution in [-0.2, 0) is 13.1 Å². The lowest BCUT2D eigenvalue weighted by atomic mass is 10.0. The Morgan fingerprint density at radius 1 is 1.44 bits per heavy atom. The van der Waals surface area contributed by atoms with Gasteiger partial charge in [0.15, 0.2) is 0 Å². The van der Waals surface area contributed by atoms with E-state index < -0.39 is 0 Å². The quantitative estimate of drug-likeness (QED) is 0.828. The van der Waals surface area contributed by atoms with Crippen molar-refractivity contribution in [2.75, 3.05) is 0 Å². The zero-order valence-electron chi connectivity index (χ0n) is 10.3. The van der Waals surface area contributed by atoms with E-state index >= 15 is 0 Å². The van der Waals surface area contributed by atoms with E-state index in [0.29, 0.717) is 6.04 Å². The number of hydrogen-bond acceptors (Lipinski definition) is 3. The molecule has 1 aliphatic carbocycles. The van der Waals surface area contributed by atoms with Gasteiger partial charge in [0.2, 0.25) is 0 Å². The summed E-state index contributed by atoms with van der Waals surface area (Å²) in [5.74, 6) is 1.92. The summed E-state index contributed by atoms with van der Waals surface area (Å²) in [6.07, 6.45) is 7.17. The molecule has 1 heterocycles. The van der Waals surface area contributed by atoms with Gasteiger partial charge < -0.3 is 9.88 Å². The molecule has 16 heavy (non-hydrogen) atoms. The van der Waals surface area contributed by atoms with Crippen molar-refractivity contribution in [3.63, 3.8) is 0 Å². The van der Waals surface area contributed by atoms with Crippen LogP contribution in [0.5, 0.6) is 0 Å². The largest absolute Gasteiger partial charge is 0.317 e. The monoisotopic (exact) mass is 222 g/mol. The molecule has 90 valence electrons. The van der Waals surface area contributed by atoms with Crippen molar-refractivity contribution in [3.05, 3.63) is 12.2 Å². The summed E-state index contributed by atoms with van der Waals surface area (Å²) in [4.78, 5) is 0. The Morgan fingerprint density at radius 3 is 3.06 bits per heavy atom. The highest BCUT2D eigenvalue weighted by molar-refractivity contribution is 4.88. The molecule has 0 aromatic carbocycles. The molecule has 2 atom stereocenters. The average Bonchev–Trinajstić information content (AvgIpc) is 2.94. The molecule has 4 nitrogen and oxygen atoms in total. The van der Waals surface area contributed by atoms with Crippen molar-refractivity contribution >= 4 is 0 Å². The third-order valence-corrected chi connectivity index (χ3v) is 3.74. The van der Waals surface area contributed by atoms with Crippen LogP contribution in [0.2, 0.25) is 0 Å². The van der Waals surface area contributed by atoms with E-state index in [1.165, 1.54) is 25.7 Å². The highest BCUT2D eigenvalue weighted by Gasteiger charge is 2.25. The molecule has 2 rings (SSSR count). The highest BCUT2D eigenvalue weighted by atomic mass is 15.3. The molecule has 0 saturated heterocycles. The van der Waals surface area contributed by atoms with E-state index in [9.17, 15) is 0 Å². The summed E-state index contributed by atoms with van der Waals surface area (Å²) in [5.41, 5.74) is 0. The predicted octanol–water partition coefficient (Wildman–Crippen LogP) is 1.97. The normalized spacial score (nSPS) is 25.1. The molecule has 0 bridgehead atoms. The summed E-state index contributed by atoms with van der Waals surface area (Å²) in [5, 5.41) is 11.7. The fourth-order valence-corrected chi connectivity index (χ4v) is 2.70. The number of nitrogens with zero attached hydrogens (tertiary/aromatic N) is 3. The second-order valence-corrected chi connectivity index (χ2v) is 4.62. The number of aromatic nitrogens is 3. The van der Waals surface area contributed by atoms with Crippen LogP contribution < -0.4 is 5.32 Å². The Balaban J connectivity index is 1.87. The first-order chi connectivity index (χ1) is 7.85. The fraction of sp³-hybridized carbons (Fsp3) is 0.833. The van der Waals surface area contributed by atoms with Crippen LogP contribution in [0.3, 0.4) is 0 Å². The molecular formula is C12H22N4. The second-order valence-electron chi connectivity index (χ2n) is 4.62. The maximum atomic E-state index is 4.15. The highest BCUT2D eigenvalue weighted by Crippen LogP contribution is 2.28. The standard InChI is InChI=1S/C12H22N4/c1-3-10-6-5-7-11(10)13-8-12-15-14-9-16(12)4-2/h9-11,13H,3-8H2,1-2H3. The smallest absolute Gasteiger partial charge is 0.146 e. The van der Waals surface area contributed by atoms with E-state index in [1.54, 1.807) is 0 Å². The number of nitrogens with one attached hydrogen (secondary N) is 1. The Hall–Kier alpha value is -0.900. The van der Waals surface area contributed by atoms with Gasteiger partial charge in [-0.1, -0.05) is 19.8 Å². The first kappa shape index (κ1) is 11.6. The molecule has 1 fully saturated rings. The van der Waals surface area contributed by atoms with Crippen LogP contribution in [-0.4, -0.2) is 20.8 Å². The summed E-state index contributed by atoms with van der Waals surface area (Å²) in [6, 6.07) is 0.687. The summed E-state index contributed by atoms with van der Waals surface area (Å²) in [6.45, 7) is 6.22. The van der Waals surface area contributed by atoms with Gasteiger partial charge in [0.1, 0.15) is 12.2 Å². The third kappa shape index (κ3) is 2.43. The SMILES string of the molecule is CCC1CCCC1NCc1nncn1CC. The first-order valence-electron chi connectivity index (χ1n) is 6.45. The minimum atomic E-state index is 0.687. The van der Waals surface area contributed by atoms with E-state index in [1.807, 2.05) is 6.33 Å². The van der Waals surface area contributed by atoms with E-state index in [2.05, 4.69) is 33.9 Å². The molecule has 1 aromatic rings. The van der Waals surface area contributed by atoms with Gasteiger partial charge in [-0.05, 0) is 25.7 Å². The maximum absolute atomic E-state index is 4.15. The average molecular weight is 222 g/mol. The van der Waals surface area contributed by atoms with E-state index in [0.717, 1.165) is 24.8 Å². The zero-order valence-corrected chi connectivity index (χ0v) is 10.3. The lowest BCUT2D eigenvalue weighted by Crippen LogP contribution is -2.32. The van der Waals surface area contributed by atoms with Gasteiger partial charge in [0, 0.05) is 12.6 Å². The summed E-state index contributed by atoms with van der Waals surface area (Å²) >= 11 is 0. The molecule has 0 spiro atoms. The molecule has 0 radical (unpaired) electrons. The van der Waals surface area contributed by atoms with Crippen LogP contribution in [0.4, 0.5) is 0 Å². The maximum Gasteiger partial charge on any atom is 0.146 e. The predicted molar refractivity (Wildman–Crippen MR) is 64.0 cm³/mol. The van der Waals surface area contributed by atoms with Crippen LogP contribution in [0, 0.1) is 5.92 Å². The van der Waals surface area contributed by atoms with Crippen molar-refractivity contribution in [1.29, 1.82) is 0 Å². The van der Waals surface area contributed by atoms with Crippen LogP contribution >= 0.6 is 0 Å². The van der Waals surface area contributed by atoms with Gasteiger partial charge in [0.05, 0.1) is 6.54 Å². The minimum Gasteiger partial charge on any atom is -0.317 e. The van der Waals surface area contributed by atoms with Crippen molar-refractivity contribution in [2.24, 2.45) is 5.92 Å². The van der Waals surface area contributed by atoms with Gasteiger partial charge in [0.25, 0.3) is 0 Å². The Bertz CT molecular complexity index is 321. The molecule has 0 aliphatic heterocycles. The molecule has 1 aromatic heterocycles. The summed E-state index contributed by atoms with van der Waals surface area (Å²) in [7, 11) is 0. The van der Waals surface area contributed by atoms with Crippen molar-refractivity contribution < 1.29 is 0 Å². The minimum absolute atomic E-state index is 0.687. The molecule has 2 unspecified atom stereocenters. The van der Waals surface area contributed by atoms with Crippen molar-refractivity contribution in [1.82, 2.24) is 20.1 Å². The van der Waals surface area contributed by atoms with Crippen LogP contribution in [0.1, 0.15) is 45.4 Å². The van der Waals surface area contributed by atoms with E-state index in [-0.39, 0.29) is 0 Å². The van der Waals surface area contributed by atoms with Crippen molar-refractivity contribution in [2.45, 2.75) is 58.7 Å². The van der Waals surface area contributed by atoms with Gasteiger partial charge in [-0.15, -0.1) is 10.2 Å². The number of rotatable bonds is 5. The summed E-state index contributed by atoms with van der Waals surface area (Å²) < 4.78 is 2.10. The lowest BCUT2D eigenvalue weighted by molar-refractivity contribution is 0.383. The first-order valence-corrected chi connectivity index (χ1v) is 6.45. The van der Waals surface area contributed by atoms with Crippen LogP contribution in [0.15, 0.2) is 6.33 Å². The topological polar surface area (TPSA) is 42.7 Å². The van der Waals surface area contributed by atoms with Gasteiger partial charge >= 0.3 is 0 Å². The van der Waals surface area contributed by atoms with Crippen molar-refractivity contribution in [3.8, 4) is 0 Å².